The van der Waals surface area contributed by atoms with E-state index in [4.69, 9.17) is 27.9 Å². The van der Waals surface area contributed by atoms with Gasteiger partial charge in [0.05, 0.1) is 0 Å². The minimum atomic E-state index is -1.73. The maximum absolute atomic E-state index is 11.9. The Bertz CT molecular complexity index is 569. The van der Waals surface area contributed by atoms with Crippen LogP contribution in [0.4, 0.5) is 4.79 Å². The molecule has 0 bridgehead atoms. The number of ether oxygens (including phenoxy) is 1. The molecule has 7 heteroatoms. The molecule has 1 amide bonds. The van der Waals surface area contributed by atoms with Gasteiger partial charge in [-0.3, -0.25) is 0 Å². The summed E-state index contributed by atoms with van der Waals surface area (Å²) in [6, 6.07) is 4.37. The van der Waals surface area contributed by atoms with Crippen LogP contribution in [0.5, 0.6) is 0 Å². The summed E-state index contributed by atoms with van der Waals surface area (Å²) in [5.74, 6) is -1.27. The summed E-state index contributed by atoms with van der Waals surface area (Å²) in [6.07, 6.45) is -0.849. The van der Waals surface area contributed by atoms with E-state index in [1.165, 1.54) is 25.1 Å². The average Bonchev–Trinajstić information content (AvgIpc) is 2.24. The molecule has 0 saturated heterocycles. The predicted molar refractivity (Wildman–Crippen MR) is 80.8 cm³/mol. The molecule has 1 aromatic carbocycles. The Balaban J connectivity index is 3.15. The summed E-state index contributed by atoms with van der Waals surface area (Å²) < 4.78 is 5.09. The van der Waals surface area contributed by atoms with E-state index >= 15 is 0 Å². The van der Waals surface area contributed by atoms with Crippen molar-refractivity contribution in [3.8, 4) is 0 Å². The Morgan fingerprint density at radius 3 is 2.19 bits per heavy atom. The number of aliphatic carboxylic acids is 1. The van der Waals surface area contributed by atoms with Crippen molar-refractivity contribution in [3.63, 3.8) is 0 Å². The predicted octanol–water partition coefficient (Wildman–Crippen LogP) is 3.82. The lowest BCUT2D eigenvalue weighted by Gasteiger charge is -2.29. The quantitative estimate of drug-likeness (QED) is 0.881. The van der Waals surface area contributed by atoms with Crippen LogP contribution in [0.25, 0.3) is 0 Å². The van der Waals surface area contributed by atoms with Crippen LogP contribution in [0.3, 0.4) is 0 Å². The molecule has 0 aliphatic carbocycles. The van der Waals surface area contributed by atoms with Gasteiger partial charge in [0.2, 0.25) is 0 Å². The van der Waals surface area contributed by atoms with E-state index in [1.54, 1.807) is 20.8 Å². The molecule has 0 saturated carbocycles. The molecule has 0 spiro atoms. The molecule has 21 heavy (non-hydrogen) atoms. The van der Waals surface area contributed by atoms with Gasteiger partial charge >= 0.3 is 12.1 Å². The Hall–Kier alpha value is -1.46. The first-order valence-corrected chi connectivity index (χ1v) is 6.91. The molecular weight excluding hydrogens is 317 g/mol. The van der Waals surface area contributed by atoms with Gasteiger partial charge in [-0.1, -0.05) is 29.3 Å². The lowest BCUT2D eigenvalue weighted by atomic mass is 9.92. The largest absolute Gasteiger partial charge is 0.479 e. The molecule has 0 aliphatic heterocycles. The van der Waals surface area contributed by atoms with Crippen molar-refractivity contribution in [1.29, 1.82) is 0 Å². The molecular formula is C14H17Cl2NO4. The average molecular weight is 334 g/mol. The third-order valence-electron chi connectivity index (χ3n) is 2.65. The van der Waals surface area contributed by atoms with Crippen LogP contribution in [0, 0.1) is 0 Å². The molecule has 0 fully saturated rings. The van der Waals surface area contributed by atoms with Crippen LogP contribution in [0.2, 0.25) is 10.0 Å². The number of carboxylic acid groups (broad SMARTS) is 1. The molecule has 5 nitrogen and oxygen atoms in total. The molecule has 0 aromatic heterocycles. The van der Waals surface area contributed by atoms with Gasteiger partial charge in [-0.05, 0) is 39.8 Å². The van der Waals surface area contributed by atoms with Crippen molar-refractivity contribution in [2.75, 3.05) is 0 Å². The molecule has 1 rings (SSSR count). The maximum Gasteiger partial charge on any atom is 0.408 e. The van der Waals surface area contributed by atoms with Crippen LogP contribution in [-0.4, -0.2) is 22.8 Å². The van der Waals surface area contributed by atoms with E-state index in [0.29, 0.717) is 5.02 Å². The van der Waals surface area contributed by atoms with Crippen LogP contribution in [-0.2, 0) is 15.1 Å². The number of carbonyl (C=O) groups is 2. The lowest BCUT2D eigenvalue weighted by molar-refractivity contribution is -0.144. The molecule has 1 unspecified atom stereocenters. The zero-order valence-corrected chi connectivity index (χ0v) is 13.7. The monoisotopic (exact) mass is 333 g/mol. The van der Waals surface area contributed by atoms with Crippen molar-refractivity contribution in [1.82, 2.24) is 5.32 Å². The summed E-state index contributed by atoms with van der Waals surface area (Å²) in [5, 5.41) is 12.3. The number of amides is 1. The summed E-state index contributed by atoms with van der Waals surface area (Å²) in [4.78, 5) is 23.5. The van der Waals surface area contributed by atoms with Crippen LogP contribution < -0.4 is 5.32 Å². The number of nitrogens with one attached hydrogen (secondary N) is 1. The number of hydrogen-bond acceptors (Lipinski definition) is 3. The van der Waals surface area contributed by atoms with Crippen molar-refractivity contribution in [2.45, 2.75) is 38.8 Å². The highest BCUT2D eigenvalue weighted by atomic mass is 35.5. The minimum absolute atomic E-state index is 0.142. The fourth-order valence-electron chi connectivity index (χ4n) is 1.64. The van der Waals surface area contributed by atoms with Crippen molar-refractivity contribution < 1.29 is 19.4 Å². The van der Waals surface area contributed by atoms with Gasteiger partial charge in [0.1, 0.15) is 5.60 Å². The van der Waals surface area contributed by atoms with Crippen LogP contribution in [0.15, 0.2) is 18.2 Å². The van der Waals surface area contributed by atoms with E-state index in [0.717, 1.165) is 0 Å². The first-order valence-electron chi connectivity index (χ1n) is 6.16. The van der Waals surface area contributed by atoms with Crippen molar-refractivity contribution in [2.24, 2.45) is 0 Å². The molecule has 0 heterocycles. The topological polar surface area (TPSA) is 75.6 Å². The molecule has 0 radical (unpaired) electrons. The Morgan fingerprint density at radius 1 is 1.19 bits per heavy atom. The van der Waals surface area contributed by atoms with E-state index in [-0.39, 0.29) is 10.6 Å². The van der Waals surface area contributed by atoms with E-state index in [9.17, 15) is 14.7 Å². The van der Waals surface area contributed by atoms with Gasteiger partial charge in [-0.25, -0.2) is 9.59 Å². The molecule has 0 aliphatic rings. The summed E-state index contributed by atoms with van der Waals surface area (Å²) in [6.45, 7) is 6.37. The number of hydrogen-bond donors (Lipinski definition) is 2. The van der Waals surface area contributed by atoms with Gasteiger partial charge in [-0.2, -0.15) is 0 Å². The molecule has 2 N–H and O–H groups in total. The van der Waals surface area contributed by atoms with Crippen molar-refractivity contribution in [3.05, 3.63) is 33.8 Å². The van der Waals surface area contributed by atoms with Crippen LogP contribution in [0.1, 0.15) is 33.3 Å². The maximum atomic E-state index is 11.9. The summed E-state index contributed by atoms with van der Waals surface area (Å²) in [5.41, 5.74) is -2.26. The van der Waals surface area contributed by atoms with Crippen molar-refractivity contribution >= 4 is 35.3 Å². The summed E-state index contributed by atoms with van der Waals surface area (Å²) in [7, 11) is 0. The number of alkyl carbamates (subject to hydrolysis) is 1. The Kier molecular flexibility index (Phi) is 5.12. The first-order chi connectivity index (χ1) is 9.45. The second-order valence-corrected chi connectivity index (χ2v) is 6.52. The smallest absolute Gasteiger partial charge is 0.408 e. The molecule has 1 aromatic rings. The highest BCUT2D eigenvalue weighted by Crippen LogP contribution is 2.31. The standard InChI is InChI=1S/C14H17Cl2NO4/c1-13(2,3)21-12(20)17-14(4,11(18)19)9-6-5-8(15)7-10(9)16/h5-7H,1-4H3,(H,17,20)(H,18,19). The van der Waals surface area contributed by atoms with E-state index in [1.807, 2.05) is 0 Å². The number of benzene rings is 1. The molecule has 1 atom stereocenters. The Morgan fingerprint density at radius 2 is 1.76 bits per heavy atom. The van der Waals surface area contributed by atoms with Gasteiger partial charge < -0.3 is 15.2 Å². The fraction of sp³-hybridized carbons (Fsp3) is 0.429. The van der Waals surface area contributed by atoms with Crippen LogP contribution >= 0.6 is 23.2 Å². The number of carboxylic acids is 1. The number of carbonyl (C=O) groups excluding carboxylic acids is 1. The number of rotatable bonds is 3. The third kappa shape index (κ3) is 4.51. The van der Waals surface area contributed by atoms with E-state index < -0.39 is 23.2 Å². The highest BCUT2D eigenvalue weighted by molar-refractivity contribution is 6.35. The number of halogens is 2. The highest BCUT2D eigenvalue weighted by Gasteiger charge is 2.39. The third-order valence-corrected chi connectivity index (χ3v) is 3.20. The second-order valence-electron chi connectivity index (χ2n) is 5.68. The second kappa shape index (κ2) is 6.12. The zero-order chi connectivity index (χ0) is 16.4. The zero-order valence-electron chi connectivity index (χ0n) is 12.2. The van der Waals surface area contributed by atoms with Gasteiger partial charge in [-0.15, -0.1) is 0 Å². The summed E-state index contributed by atoms with van der Waals surface area (Å²) >= 11 is 11.8. The lowest BCUT2D eigenvalue weighted by Crippen LogP contribution is -2.51. The van der Waals surface area contributed by atoms with Gasteiger partial charge in [0.25, 0.3) is 0 Å². The SMILES string of the molecule is CC(C)(C)OC(=O)NC(C)(C(=O)O)c1ccc(Cl)cc1Cl. The van der Waals surface area contributed by atoms with Gasteiger partial charge in [0.15, 0.2) is 5.54 Å². The normalized spacial score (nSPS) is 14.2. The fourth-order valence-corrected chi connectivity index (χ4v) is 2.24. The minimum Gasteiger partial charge on any atom is -0.479 e. The van der Waals surface area contributed by atoms with E-state index in [2.05, 4.69) is 5.32 Å². The van der Waals surface area contributed by atoms with Gasteiger partial charge in [0, 0.05) is 15.6 Å². The Labute approximate surface area is 133 Å². The molecule has 116 valence electrons. The first kappa shape index (κ1) is 17.6.